The van der Waals surface area contributed by atoms with E-state index < -0.39 is 0 Å². The lowest BCUT2D eigenvalue weighted by Crippen LogP contribution is -2.32. The van der Waals surface area contributed by atoms with Gasteiger partial charge in [0, 0.05) is 11.0 Å². The predicted octanol–water partition coefficient (Wildman–Crippen LogP) is 3.79. The van der Waals surface area contributed by atoms with E-state index in [1.165, 1.54) is 5.56 Å². The number of benzene rings is 1. The molecule has 16 heavy (non-hydrogen) atoms. The molecule has 1 aliphatic rings. The third kappa shape index (κ3) is 1.82. The van der Waals surface area contributed by atoms with Gasteiger partial charge in [-0.2, -0.15) is 0 Å². The zero-order chi connectivity index (χ0) is 11.6. The van der Waals surface area contributed by atoms with Gasteiger partial charge in [-0.3, -0.25) is 4.79 Å². The Morgan fingerprint density at radius 2 is 2.12 bits per heavy atom. The Hall–Kier alpha value is -1.37. The number of carbonyl (C=O) groups is 1. The standard InChI is InChI=1S/C15H18O/c1-3-4-10-15(2)11-9-12-7-5-6-8-13(12)14(15)16/h3-8H,9-11H2,1-2H3/b4-3+/t15-/m0/s1. The number of ketones is 1. The van der Waals surface area contributed by atoms with Crippen molar-refractivity contribution in [1.82, 2.24) is 0 Å². The van der Waals surface area contributed by atoms with E-state index in [0.29, 0.717) is 5.78 Å². The van der Waals surface area contributed by atoms with Crippen LogP contribution < -0.4 is 0 Å². The van der Waals surface area contributed by atoms with E-state index in [1.807, 2.05) is 31.2 Å². The number of fused-ring (bicyclic) bond motifs is 1. The van der Waals surface area contributed by atoms with Crippen molar-refractivity contribution in [2.75, 3.05) is 0 Å². The summed E-state index contributed by atoms with van der Waals surface area (Å²) >= 11 is 0. The summed E-state index contributed by atoms with van der Waals surface area (Å²) in [7, 11) is 0. The van der Waals surface area contributed by atoms with Gasteiger partial charge in [0.15, 0.2) is 5.78 Å². The van der Waals surface area contributed by atoms with Gasteiger partial charge in [0.25, 0.3) is 0 Å². The summed E-state index contributed by atoms with van der Waals surface area (Å²) in [5, 5.41) is 0. The van der Waals surface area contributed by atoms with Gasteiger partial charge in [0.1, 0.15) is 0 Å². The first-order valence-electron chi connectivity index (χ1n) is 5.91. The zero-order valence-corrected chi connectivity index (χ0v) is 9.99. The Kier molecular flexibility index (Phi) is 2.95. The van der Waals surface area contributed by atoms with Crippen LogP contribution in [0.3, 0.4) is 0 Å². The third-order valence-electron chi connectivity index (χ3n) is 3.56. The van der Waals surface area contributed by atoms with Crippen molar-refractivity contribution in [3.05, 3.63) is 47.5 Å². The lowest BCUT2D eigenvalue weighted by Gasteiger charge is -2.32. The minimum absolute atomic E-state index is 0.194. The van der Waals surface area contributed by atoms with E-state index >= 15 is 0 Å². The van der Waals surface area contributed by atoms with Crippen molar-refractivity contribution in [3.8, 4) is 0 Å². The van der Waals surface area contributed by atoms with Gasteiger partial charge in [0.05, 0.1) is 0 Å². The van der Waals surface area contributed by atoms with Gasteiger partial charge in [-0.25, -0.2) is 0 Å². The number of rotatable bonds is 2. The maximum atomic E-state index is 12.4. The Labute approximate surface area is 97.2 Å². The number of Topliss-reactive ketones (excluding diaryl/α,β-unsaturated/α-hetero) is 1. The number of allylic oxidation sites excluding steroid dienone is 2. The first-order chi connectivity index (χ1) is 7.67. The maximum Gasteiger partial charge on any atom is 0.169 e. The molecule has 1 aromatic carbocycles. The molecule has 1 aromatic rings. The molecule has 0 heterocycles. The van der Waals surface area contributed by atoms with Gasteiger partial charge in [0.2, 0.25) is 0 Å². The minimum Gasteiger partial charge on any atom is -0.294 e. The van der Waals surface area contributed by atoms with Crippen LogP contribution in [0.25, 0.3) is 0 Å². The van der Waals surface area contributed by atoms with Crippen molar-refractivity contribution >= 4 is 5.78 Å². The second kappa shape index (κ2) is 4.25. The van der Waals surface area contributed by atoms with Crippen LogP contribution in [0, 0.1) is 5.41 Å². The molecule has 0 saturated carbocycles. The molecule has 0 N–H and O–H groups in total. The quantitative estimate of drug-likeness (QED) is 0.684. The molecule has 0 spiro atoms. The van der Waals surface area contributed by atoms with Gasteiger partial charge in [-0.1, -0.05) is 43.3 Å². The van der Waals surface area contributed by atoms with E-state index in [-0.39, 0.29) is 5.41 Å². The van der Waals surface area contributed by atoms with Crippen molar-refractivity contribution < 1.29 is 4.79 Å². The molecular formula is C15H18O. The fourth-order valence-corrected chi connectivity index (χ4v) is 2.38. The van der Waals surface area contributed by atoms with Crippen molar-refractivity contribution in [2.45, 2.75) is 33.1 Å². The number of hydrogen-bond donors (Lipinski definition) is 0. The summed E-state index contributed by atoms with van der Waals surface area (Å²) in [5.74, 6) is 0.312. The molecule has 2 rings (SSSR count). The van der Waals surface area contributed by atoms with E-state index in [0.717, 1.165) is 24.8 Å². The summed E-state index contributed by atoms with van der Waals surface area (Å²) in [6, 6.07) is 8.01. The first-order valence-corrected chi connectivity index (χ1v) is 5.91. The molecule has 1 nitrogen and oxygen atoms in total. The second-order valence-corrected chi connectivity index (χ2v) is 4.82. The van der Waals surface area contributed by atoms with E-state index in [2.05, 4.69) is 19.1 Å². The largest absolute Gasteiger partial charge is 0.294 e. The van der Waals surface area contributed by atoms with Crippen molar-refractivity contribution in [2.24, 2.45) is 5.41 Å². The molecule has 1 aliphatic carbocycles. The summed E-state index contributed by atoms with van der Waals surface area (Å²) < 4.78 is 0. The van der Waals surface area contributed by atoms with Crippen LogP contribution in [0.5, 0.6) is 0 Å². The molecule has 0 aliphatic heterocycles. The average Bonchev–Trinajstić information content (AvgIpc) is 2.32. The molecule has 0 saturated heterocycles. The second-order valence-electron chi connectivity index (χ2n) is 4.82. The minimum atomic E-state index is -0.194. The SMILES string of the molecule is C/C=C/C[C@@]1(C)CCc2ccccc2C1=O. The van der Waals surface area contributed by atoms with Gasteiger partial charge in [-0.15, -0.1) is 0 Å². The van der Waals surface area contributed by atoms with E-state index in [1.54, 1.807) is 0 Å². The Balaban J connectivity index is 2.33. The lowest BCUT2D eigenvalue weighted by atomic mass is 9.70. The summed E-state index contributed by atoms with van der Waals surface area (Å²) in [6.45, 7) is 4.09. The monoisotopic (exact) mass is 214 g/mol. The van der Waals surface area contributed by atoms with Crippen LogP contribution >= 0.6 is 0 Å². The average molecular weight is 214 g/mol. The molecule has 0 radical (unpaired) electrons. The highest BCUT2D eigenvalue weighted by molar-refractivity contribution is 6.02. The topological polar surface area (TPSA) is 17.1 Å². The highest BCUT2D eigenvalue weighted by Crippen LogP contribution is 2.38. The zero-order valence-electron chi connectivity index (χ0n) is 9.99. The molecule has 1 heteroatoms. The van der Waals surface area contributed by atoms with Crippen molar-refractivity contribution in [1.29, 1.82) is 0 Å². The van der Waals surface area contributed by atoms with Crippen LogP contribution in [0.1, 0.15) is 42.6 Å². The maximum absolute atomic E-state index is 12.4. The predicted molar refractivity (Wildman–Crippen MR) is 66.6 cm³/mol. The molecule has 0 bridgehead atoms. The highest BCUT2D eigenvalue weighted by atomic mass is 16.1. The van der Waals surface area contributed by atoms with Crippen LogP contribution in [-0.4, -0.2) is 5.78 Å². The number of hydrogen-bond acceptors (Lipinski definition) is 1. The molecule has 0 amide bonds. The summed E-state index contributed by atoms with van der Waals surface area (Å²) in [5.41, 5.74) is 1.95. The molecule has 0 aromatic heterocycles. The van der Waals surface area contributed by atoms with Gasteiger partial charge >= 0.3 is 0 Å². The molecule has 1 atom stereocenters. The number of aryl methyl sites for hydroxylation is 1. The van der Waals surface area contributed by atoms with Crippen LogP contribution in [0.2, 0.25) is 0 Å². The first kappa shape index (κ1) is 11.1. The molecule has 84 valence electrons. The Bertz CT molecular complexity index is 431. The van der Waals surface area contributed by atoms with Crippen LogP contribution in [0.15, 0.2) is 36.4 Å². The Morgan fingerprint density at radius 3 is 2.88 bits per heavy atom. The highest BCUT2D eigenvalue weighted by Gasteiger charge is 2.36. The molecule has 0 fully saturated rings. The molecular weight excluding hydrogens is 196 g/mol. The van der Waals surface area contributed by atoms with E-state index in [9.17, 15) is 4.79 Å². The smallest absolute Gasteiger partial charge is 0.169 e. The summed E-state index contributed by atoms with van der Waals surface area (Å²) in [6.07, 6.45) is 6.98. The van der Waals surface area contributed by atoms with Gasteiger partial charge < -0.3 is 0 Å². The lowest BCUT2D eigenvalue weighted by molar-refractivity contribution is 0.0788. The number of carbonyl (C=O) groups excluding carboxylic acids is 1. The fourth-order valence-electron chi connectivity index (χ4n) is 2.38. The van der Waals surface area contributed by atoms with Crippen LogP contribution in [-0.2, 0) is 6.42 Å². The van der Waals surface area contributed by atoms with Crippen LogP contribution in [0.4, 0.5) is 0 Å². The van der Waals surface area contributed by atoms with Crippen molar-refractivity contribution in [3.63, 3.8) is 0 Å². The van der Waals surface area contributed by atoms with Gasteiger partial charge in [-0.05, 0) is 31.7 Å². The fraction of sp³-hybridized carbons (Fsp3) is 0.400. The normalized spacial score (nSPS) is 24.8. The van der Waals surface area contributed by atoms with E-state index in [4.69, 9.17) is 0 Å². The molecule has 0 unspecified atom stereocenters. The third-order valence-corrected chi connectivity index (χ3v) is 3.56. The summed E-state index contributed by atoms with van der Waals surface area (Å²) in [4.78, 5) is 12.4. The Morgan fingerprint density at radius 1 is 1.38 bits per heavy atom.